The van der Waals surface area contributed by atoms with Crippen molar-refractivity contribution in [2.45, 2.75) is 11.8 Å². The normalized spacial score (nSPS) is 11.4. The highest BCUT2D eigenvalue weighted by Crippen LogP contribution is 2.29. The van der Waals surface area contributed by atoms with Gasteiger partial charge in [-0.25, -0.2) is 13.6 Å². The van der Waals surface area contributed by atoms with Crippen LogP contribution in [0.4, 0.5) is 5.69 Å². The van der Waals surface area contributed by atoms with E-state index in [-0.39, 0.29) is 17.2 Å². The number of nitro benzene ring substituents is 1. The molecule has 1 aromatic rings. The molecule has 0 radical (unpaired) electrons. The van der Waals surface area contributed by atoms with Crippen molar-refractivity contribution in [1.82, 2.24) is 0 Å². The van der Waals surface area contributed by atoms with Crippen LogP contribution < -0.4 is 5.14 Å². The molecule has 0 saturated carbocycles. The summed E-state index contributed by atoms with van der Waals surface area (Å²) in [5.41, 5.74) is 0.775. The predicted molar refractivity (Wildman–Crippen MR) is 66.5 cm³/mol. The lowest BCUT2D eigenvalue weighted by atomic mass is 10.2. The summed E-state index contributed by atoms with van der Waals surface area (Å²) in [6, 6.07) is 4.81. The molecule has 0 heterocycles. The monoisotopic (exact) mass is 276 g/mol. The third kappa shape index (κ3) is 4.72. The first-order chi connectivity index (χ1) is 7.79. The maximum Gasteiger partial charge on any atom is 0.283 e. The lowest BCUT2D eigenvalue weighted by Crippen LogP contribution is -2.17. The molecule has 0 aliphatic heterocycles. The molecule has 0 saturated heterocycles. The molecule has 0 atom stereocenters. The van der Waals surface area contributed by atoms with Gasteiger partial charge in [0.1, 0.15) is 0 Å². The summed E-state index contributed by atoms with van der Waals surface area (Å²) in [5, 5.41) is 15.6. The Labute approximate surface area is 103 Å². The molecule has 0 fully saturated rings. The van der Waals surface area contributed by atoms with Gasteiger partial charge >= 0.3 is 0 Å². The number of rotatable bonds is 5. The molecule has 0 aliphatic rings. The Balaban J connectivity index is 2.81. The number of nitrogens with two attached hydrogens (primary N) is 1. The molecule has 0 spiro atoms. The second-order valence-corrected chi connectivity index (χ2v) is 6.31. The molecule has 17 heavy (non-hydrogen) atoms. The Morgan fingerprint density at radius 1 is 1.47 bits per heavy atom. The Bertz CT molecular complexity index is 528. The van der Waals surface area contributed by atoms with E-state index in [0.29, 0.717) is 4.90 Å². The van der Waals surface area contributed by atoms with Gasteiger partial charge in [0.15, 0.2) is 0 Å². The number of hydrogen-bond donors (Lipinski definition) is 1. The molecule has 6 nitrogen and oxygen atoms in total. The molecule has 0 aliphatic carbocycles. The van der Waals surface area contributed by atoms with E-state index in [0.717, 1.165) is 17.3 Å². The van der Waals surface area contributed by atoms with Gasteiger partial charge < -0.3 is 0 Å². The average Bonchev–Trinajstić information content (AvgIpc) is 2.18. The Kier molecular flexibility index (Phi) is 4.49. The van der Waals surface area contributed by atoms with Crippen LogP contribution in [0, 0.1) is 17.0 Å². The number of nitrogens with zero attached hydrogens (tertiary/aromatic N) is 1. The van der Waals surface area contributed by atoms with E-state index in [4.69, 9.17) is 5.14 Å². The van der Waals surface area contributed by atoms with Crippen molar-refractivity contribution < 1.29 is 13.3 Å². The van der Waals surface area contributed by atoms with Gasteiger partial charge in [0, 0.05) is 11.8 Å². The number of hydrogen-bond acceptors (Lipinski definition) is 5. The summed E-state index contributed by atoms with van der Waals surface area (Å²) < 4.78 is 21.4. The van der Waals surface area contributed by atoms with Crippen LogP contribution in [-0.2, 0) is 10.0 Å². The average molecular weight is 276 g/mol. The number of benzene rings is 1. The van der Waals surface area contributed by atoms with E-state index < -0.39 is 14.9 Å². The van der Waals surface area contributed by atoms with Gasteiger partial charge in [0.25, 0.3) is 5.69 Å². The van der Waals surface area contributed by atoms with Gasteiger partial charge in [-0.15, -0.1) is 11.8 Å². The zero-order valence-corrected chi connectivity index (χ0v) is 10.8. The largest absolute Gasteiger partial charge is 0.283 e. The third-order valence-corrected chi connectivity index (χ3v) is 4.03. The summed E-state index contributed by atoms with van der Waals surface area (Å²) in [4.78, 5) is 10.8. The summed E-state index contributed by atoms with van der Waals surface area (Å²) in [7, 11) is -3.53. The number of sulfonamides is 1. The summed E-state index contributed by atoms with van der Waals surface area (Å²) in [5.74, 6) is -0.00850. The van der Waals surface area contributed by atoms with Gasteiger partial charge in [-0.1, -0.05) is 6.07 Å². The highest BCUT2D eigenvalue weighted by atomic mass is 32.2. The minimum atomic E-state index is -3.53. The van der Waals surface area contributed by atoms with Crippen LogP contribution >= 0.6 is 11.8 Å². The Morgan fingerprint density at radius 3 is 2.65 bits per heavy atom. The molecule has 8 heteroatoms. The number of thioether (sulfide) groups is 1. The molecule has 0 amide bonds. The quantitative estimate of drug-likeness (QED) is 0.495. The molecular weight excluding hydrogens is 264 g/mol. The van der Waals surface area contributed by atoms with E-state index in [9.17, 15) is 18.5 Å². The van der Waals surface area contributed by atoms with Crippen molar-refractivity contribution in [2.75, 3.05) is 11.5 Å². The van der Waals surface area contributed by atoms with Gasteiger partial charge in [-0.3, -0.25) is 10.1 Å². The van der Waals surface area contributed by atoms with Crippen molar-refractivity contribution in [3.05, 3.63) is 33.9 Å². The van der Waals surface area contributed by atoms with E-state index in [1.165, 1.54) is 6.07 Å². The van der Waals surface area contributed by atoms with E-state index in [1.54, 1.807) is 19.1 Å². The molecule has 94 valence electrons. The van der Waals surface area contributed by atoms with Crippen LogP contribution in [0.2, 0.25) is 0 Å². The first-order valence-electron chi connectivity index (χ1n) is 4.68. The molecule has 1 rings (SSSR count). The van der Waals surface area contributed by atoms with Crippen LogP contribution in [0.5, 0.6) is 0 Å². The van der Waals surface area contributed by atoms with E-state index in [2.05, 4.69) is 0 Å². The zero-order valence-electron chi connectivity index (χ0n) is 9.12. The third-order valence-electron chi connectivity index (χ3n) is 1.94. The molecule has 0 bridgehead atoms. The molecule has 0 unspecified atom stereocenters. The zero-order chi connectivity index (χ0) is 13.1. The van der Waals surface area contributed by atoms with Crippen LogP contribution in [0.3, 0.4) is 0 Å². The van der Waals surface area contributed by atoms with Gasteiger partial charge in [0.05, 0.1) is 15.6 Å². The van der Waals surface area contributed by atoms with Crippen LogP contribution in [-0.4, -0.2) is 24.8 Å². The van der Waals surface area contributed by atoms with Gasteiger partial charge in [0.2, 0.25) is 10.0 Å². The van der Waals surface area contributed by atoms with Crippen molar-refractivity contribution in [2.24, 2.45) is 5.14 Å². The minimum absolute atomic E-state index is 0.00980. The summed E-state index contributed by atoms with van der Waals surface area (Å²) >= 11 is 1.11. The second kappa shape index (κ2) is 5.48. The summed E-state index contributed by atoms with van der Waals surface area (Å²) in [6.07, 6.45) is 0. The summed E-state index contributed by atoms with van der Waals surface area (Å²) in [6.45, 7) is 1.76. The fourth-order valence-corrected chi connectivity index (χ4v) is 3.09. The topological polar surface area (TPSA) is 103 Å². The van der Waals surface area contributed by atoms with Crippen molar-refractivity contribution in [3.63, 3.8) is 0 Å². The molecule has 1 aromatic carbocycles. The van der Waals surface area contributed by atoms with Gasteiger partial charge in [-0.05, 0) is 18.6 Å². The number of primary sulfonamides is 1. The SMILES string of the molecule is Cc1ccc(SCCS(N)(=O)=O)c([N+](=O)[O-])c1. The second-order valence-electron chi connectivity index (χ2n) is 3.44. The smallest absolute Gasteiger partial charge is 0.258 e. The van der Waals surface area contributed by atoms with E-state index >= 15 is 0 Å². The predicted octanol–water partition coefficient (Wildman–Crippen LogP) is 1.28. The van der Waals surface area contributed by atoms with Crippen LogP contribution in [0.25, 0.3) is 0 Å². The number of aryl methyl sites for hydroxylation is 1. The minimum Gasteiger partial charge on any atom is -0.258 e. The Morgan fingerprint density at radius 2 is 2.12 bits per heavy atom. The molecule has 0 aromatic heterocycles. The van der Waals surface area contributed by atoms with Crippen molar-refractivity contribution in [3.8, 4) is 0 Å². The fraction of sp³-hybridized carbons (Fsp3) is 0.333. The maximum absolute atomic E-state index is 10.8. The van der Waals surface area contributed by atoms with Gasteiger partial charge in [-0.2, -0.15) is 0 Å². The highest BCUT2D eigenvalue weighted by molar-refractivity contribution is 8.00. The maximum atomic E-state index is 10.8. The number of nitro groups is 1. The first-order valence-corrected chi connectivity index (χ1v) is 7.38. The van der Waals surface area contributed by atoms with Crippen LogP contribution in [0.15, 0.2) is 23.1 Å². The van der Waals surface area contributed by atoms with E-state index in [1.807, 2.05) is 0 Å². The lowest BCUT2D eigenvalue weighted by molar-refractivity contribution is -0.387. The van der Waals surface area contributed by atoms with Crippen LogP contribution in [0.1, 0.15) is 5.56 Å². The fourth-order valence-electron chi connectivity index (χ4n) is 1.16. The molecular formula is C9H12N2O4S2. The standard InChI is InChI=1S/C9H12N2O4S2/c1-7-2-3-9(8(6-7)11(12)13)16-4-5-17(10,14)15/h2-3,6H,4-5H2,1H3,(H2,10,14,15). The lowest BCUT2D eigenvalue weighted by Gasteiger charge is -2.03. The van der Waals surface area contributed by atoms with Crippen molar-refractivity contribution >= 4 is 27.5 Å². The van der Waals surface area contributed by atoms with Crippen molar-refractivity contribution in [1.29, 1.82) is 0 Å². The molecule has 2 N–H and O–H groups in total. The highest BCUT2D eigenvalue weighted by Gasteiger charge is 2.14. The Hall–Kier alpha value is -1.12. The first kappa shape index (κ1) is 13.9.